The lowest BCUT2D eigenvalue weighted by molar-refractivity contribution is 0.205. The standard InChI is InChI=1S/C10H17N3O/c1-4-13(7-8-14-3)10-11-6-5-9(2)12-10/h5-6H,4,7-8H2,1-3H3. The fourth-order valence-corrected chi connectivity index (χ4v) is 1.19. The summed E-state index contributed by atoms with van der Waals surface area (Å²) in [5.74, 6) is 0.782. The van der Waals surface area contributed by atoms with Gasteiger partial charge in [-0.1, -0.05) is 0 Å². The average Bonchev–Trinajstić information content (AvgIpc) is 2.19. The number of likely N-dealkylation sites (N-methyl/N-ethyl adjacent to an activating group) is 1. The highest BCUT2D eigenvalue weighted by Gasteiger charge is 2.06. The van der Waals surface area contributed by atoms with Gasteiger partial charge in [0.25, 0.3) is 0 Å². The lowest BCUT2D eigenvalue weighted by atomic mass is 10.4. The van der Waals surface area contributed by atoms with Crippen molar-refractivity contribution in [1.82, 2.24) is 9.97 Å². The molecule has 4 heteroatoms. The van der Waals surface area contributed by atoms with E-state index in [0.29, 0.717) is 6.61 Å². The molecule has 0 unspecified atom stereocenters. The van der Waals surface area contributed by atoms with E-state index < -0.39 is 0 Å². The molecule has 1 aromatic rings. The number of hydrogen-bond acceptors (Lipinski definition) is 4. The predicted octanol–water partition coefficient (Wildman–Crippen LogP) is 1.26. The number of nitrogens with zero attached hydrogens (tertiary/aromatic N) is 3. The van der Waals surface area contributed by atoms with Crippen LogP contribution in [0.25, 0.3) is 0 Å². The highest BCUT2D eigenvalue weighted by molar-refractivity contribution is 5.29. The first-order valence-corrected chi connectivity index (χ1v) is 4.81. The summed E-state index contributed by atoms with van der Waals surface area (Å²) >= 11 is 0. The van der Waals surface area contributed by atoms with Crippen LogP contribution < -0.4 is 4.90 Å². The minimum atomic E-state index is 0.700. The van der Waals surface area contributed by atoms with E-state index in [2.05, 4.69) is 21.8 Å². The fourth-order valence-electron chi connectivity index (χ4n) is 1.19. The first-order valence-electron chi connectivity index (χ1n) is 4.81. The van der Waals surface area contributed by atoms with Crippen LogP contribution in [-0.2, 0) is 4.74 Å². The van der Waals surface area contributed by atoms with Crippen molar-refractivity contribution in [3.05, 3.63) is 18.0 Å². The molecule has 1 heterocycles. The van der Waals surface area contributed by atoms with E-state index in [0.717, 1.165) is 24.7 Å². The van der Waals surface area contributed by atoms with Crippen LogP contribution in [0.5, 0.6) is 0 Å². The van der Waals surface area contributed by atoms with Crippen molar-refractivity contribution < 1.29 is 4.74 Å². The van der Waals surface area contributed by atoms with Crippen LogP contribution in [0, 0.1) is 6.92 Å². The molecule has 4 nitrogen and oxygen atoms in total. The van der Waals surface area contributed by atoms with Gasteiger partial charge in [-0.2, -0.15) is 0 Å². The van der Waals surface area contributed by atoms with Gasteiger partial charge in [-0.15, -0.1) is 0 Å². The molecule has 1 rings (SSSR count). The van der Waals surface area contributed by atoms with Crippen LogP contribution in [0.2, 0.25) is 0 Å². The molecule has 0 amide bonds. The van der Waals surface area contributed by atoms with Crippen molar-refractivity contribution in [2.75, 3.05) is 31.7 Å². The van der Waals surface area contributed by atoms with Gasteiger partial charge in [-0.05, 0) is 19.9 Å². The Kier molecular flexibility index (Phi) is 4.32. The maximum absolute atomic E-state index is 5.03. The number of ether oxygens (including phenoxy) is 1. The van der Waals surface area contributed by atoms with Crippen LogP contribution in [0.3, 0.4) is 0 Å². The molecule has 0 saturated carbocycles. The van der Waals surface area contributed by atoms with Crippen molar-refractivity contribution in [2.24, 2.45) is 0 Å². The molecule has 0 saturated heterocycles. The van der Waals surface area contributed by atoms with E-state index in [9.17, 15) is 0 Å². The molecule has 0 radical (unpaired) electrons. The number of hydrogen-bond donors (Lipinski definition) is 0. The lowest BCUT2D eigenvalue weighted by Gasteiger charge is -2.20. The number of rotatable bonds is 5. The molecule has 0 aliphatic rings. The summed E-state index contributed by atoms with van der Waals surface area (Å²) in [5, 5.41) is 0. The zero-order chi connectivity index (χ0) is 10.4. The number of methoxy groups -OCH3 is 1. The van der Waals surface area contributed by atoms with Gasteiger partial charge in [0.1, 0.15) is 0 Å². The molecule has 0 aromatic carbocycles. The van der Waals surface area contributed by atoms with Gasteiger partial charge in [0, 0.05) is 32.1 Å². The van der Waals surface area contributed by atoms with Crippen LogP contribution in [0.1, 0.15) is 12.6 Å². The van der Waals surface area contributed by atoms with E-state index in [1.165, 1.54) is 0 Å². The second kappa shape index (κ2) is 5.54. The Bertz CT molecular complexity index is 278. The first kappa shape index (κ1) is 10.9. The Morgan fingerprint density at radius 1 is 1.50 bits per heavy atom. The molecular formula is C10H17N3O. The van der Waals surface area contributed by atoms with Crippen LogP contribution in [-0.4, -0.2) is 36.8 Å². The van der Waals surface area contributed by atoms with Crippen molar-refractivity contribution >= 4 is 5.95 Å². The summed E-state index contributed by atoms with van der Waals surface area (Å²) in [5.41, 5.74) is 0.992. The molecule has 0 atom stereocenters. The maximum Gasteiger partial charge on any atom is 0.225 e. The van der Waals surface area contributed by atoms with E-state index in [-0.39, 0.29) is 0 Å². The van der Waals surface area contributed by atoms with E-state index in [1.54, 1.807) is 13.3 Å². The summed E-state index contributed by atoms with van der Waals surface area (Å²) < 4.78 is 5.03. The molecular weight excluding hydrogens is 178 g/mol. The third-order valence-corrected chi connectivity index (χ3v) is 2.01. The Morgan fingerprint density at radius 3 is 2.86 bits per heavy atom. The average molecular weight is 195 g/mol. The SMILES string of the molecule is CCN(CCOC)c1nccc(C)n1. The summed E-state index contributed by atoms with van der Waals surface area (Å²) in [6, 6.07) is 1.90. The second-order valence-electron chi connectivity index (χ2n) is 3.07. The van der Waals surface area contributed by atoms with Gasteiger partial charge in [-0.3, -0.25) is 0 Å². The molecule has 0 aliphatic carbocycles. The molecule has 0 fully saturated rings. The Hall–Kier alpha value is -1.16. The van der Waals surface area contributed by atoms with Crippen LogP contribution in [0.4, 0.5) is 5.95 Å². The lowest BCUT2D eigenvalue weighted by Crippen LogP contribution is -2.28. The van der Waals surface area contributed by atoms with Gasteiger partial charge in [0.15, 0.2) is 0 Å². The van der Waals surface area contributed by atoms with Gasteiger partial charge in [0.2, 0.25) is 5.95 Å². The molecule has 14 heavy (non-hydrogen) atoms. The first-order chi connectivity index (χ1) is 6.77. The van der Waals surface area contributed by atoms with Crippen LogP contribution >= 0.6 is 0 Å². The van der Waals surface area contributed by atoms with E-state index in [4.69, 9.17) is 4.74 Å². The normalized spacial score (nSPS) is 10.2. The Morgan fingerprint density at radius 2 is 2.29 bits per heavy atom. The van der Waals surface area contributed by atoms with Gasteiger partial charge < -0.3 is 9.64 Å². The quantitative estimate of drug-likeness (QED) is 0.709. The molecule has 0 N–H and O–H groups in total. The van der Waals surface area contributed by atoms with Crippen molar-refractivity contribution in [3.63, 3.8) is 0 Å². The molecule has 78 valence electrons. The maximum atomic E-state index is 5.03. The Balaban J connectivity index is 2.68. The number of aromatic nitrogens is 2. The largest absolute Gasteiger partial charge is 0.383 e. The van der Waals surface area contributed by atoms with Crippen molar-refractivity contribution in [1.29, 1.82) is 0 Å². The molecule has 1 aromatic heterocycles. The van der Waals surface area contributed by atoms with Crippen LogP contribution in [0.15, 0.2) is 12.3 Å². The minimum Gasteiger partial charge on any atom is -0.383 e. The number of anilines is 1. The minimum absolute atomic E-state index is 0.700. The highest BCUT2D eigenvalue weighted by atomic mass is 16.5. The molecule has 0 bridgehead atoms. The van der Waals surface area contributed by atoms with Gasteiger partial charge >= 0.3 is 0 Å². The smallest absolute Gasteiger partial charge is 0.225 e. The third kappa shape index (κ3) is 2.96. The monoisotopic (exact) mass is 195 g/mol. The molecule has 0 spiro atoms. The zero-order valence-electron chi connectivity index (χ0n) is 9.03. The summed E-state index contributed by atoms with van der Waals surface area (Å²) in [6.45, 7) is 6.48. The Labute approximate surface area is 84.9 Å². The van der Waals surface area contributed by atoms with Crippen molar-refractivity contribution in [3.8, 4) is 0 Å². The van der Waals surface area contributed by atoms with Gasteiger partial charge in [0.05, 0.1) is 6.61 Å². The number of aryl methyl sites for hydroxylation is 1. The predicted molar refractivity (Wildman–Crippen MR) is 56.5 cm³/mol. The topological polar surface area (TPSA) is 38.2 Å². The summed E-state index contributed by atoms with van der Waals surface area (Å²) in [6.07, 6.45) is 1.78. The fraction of sp³-hybridized carbons (Fsp3) is 0.600. The highest BCUT2D eigenvalue weighted by Crippen LogP contribution is 2.05. The zero-order valence-corrected chi connectivity index (χ0v) is 9.03. The van der Waals surface area contributed by atoms with Crippen molar-refractivity contribution in [2.45, 2.75) is 13.8 Å². The molecule has 0 aliphatic heterocycles. The third-order valence-electron chi connectivity index (χ3n) is 2.01. The summed E-state index contributed by atoms with van der Waals surface area (Å²) in [4.78, 5) is 10.7. The summed E-state index contributed by atoms with van der Waals surface area (Å²) in [7, 11) is 1.70. The van der Waals surface area contributed by atoms with Gasteiger partial charge in [-0.25, -0.2) is 9.97 Å². The van der Waals surface area contributed by atoms with E-state index >= 15 is 0 Å². The second-order valence-corrected chi connectivity index (χ2v) is 3.07. The van der Waals surface area contributed by atoms with E-state index in [1.807, 2.05) is 13.0 Å².